The number of rotatable bonds is 1. The van der Waals surface area contributed by atoms with Gasteiger partial charge < -0.3 is 10.2 Å². The fraction of sp³-hybridized carbons (Fsp3) is 1.00. The van der Waals surface area contributed by atoms with Crippen LogP contribution in [0.15, 0.2) is 0 Å². The quantitative estimate of drug-likeness (QED) is 0.550. The van der Waals surface area contributed by atoms with Crippen LogP contribution in [-0.4, -0.2) is 30.5 Å². The van der Waals surface area contributed by atoms with E-state index < -0.39 is 8.07 Å². The van der Waals surface area contributed by atoms with E-state index in [9.17, 15) is 10.2 Å². The average molecular weight is 393 g/mol. The van der Waals surface area contributed by atoms with Gasteiger partial charge in [0.05, 0.1) is 20.3 Å². The van der Waals surface area contributed by atoms with Crippen LogP contribution in [0, 0.1) is 35.0 Å². The summed E-state index contributed by atoms with van der Waals surface area (Å²) in [7, 11) is -1.51. The molecule has 156 valence electrons. The SMILES string of the molecule is CC(C)(C)[Si](C)(C)C1CC(O)CC2CC[C@@H]3[C@H](CC[C@]4(C)[C@@H](O)CC[C@@H]34)[C@H]21. The van der Waals surface area contributed by atoms with Crippen molar-refractivity contribution in [3.05, 3.63) is 0 Å². The zero-order valence-corrected chi connectivity index (χ0v) is 19.7. The van der Waals surface area contributed by atoms with Crippen LogP contribution in [0.1, 0.15) is 79.1 Å². The van der Waals surface area contributed by atoms with Gasteiger partial charge >= 0.3 is 0 Å². The summed E-state index contributed by atoms with van der Waals surface area (Å²) in [5.41, 5.74) is 0.948. The summed E-state index contributed by atoms with van der Waals surface area (Å²) in [6.07, 6.45) is 9.52. The summed E-state index contributed by atoms with van der Waals surface area (Å²) in [6.45, 7) is 15.0. The summed E-state index contributed by atoms with van der Waals surface area (Å²) in [5, 5.41) is 21.8. The predicted octanol–water partition coefficient (Wildman–Crippen LogP) is 5.85. The van der Waals surface area contributed by atoms with E-state index in [1.165, 1.54) is 32.1 Å². The maximum atomic E-state index is 10.8. The van der Waals surface area contributed by atoms with Crippen molar-refractivity contribution in [3.63, 3.8) is 0 Å². The third kappa shape index (κ3) is 3.01. The fourth-order valence-electron chi connectivity index (χ4n) is 8.26. The Morgan fingerprint density at radius 1 is 0.889 bits per heavy atom. The Hall–Kier alpha value is 0.137. The van der Waals surface area contributed by atoms with Gasteiger partial charge in [-0.05, 0) is 97.0 Å². The molecule has 27 heavy (non-hydrogen) atoms. The Bertz CT molecular complexity index is 567. The van der Waals surface area contributed by atoms with E-state index >= 15 is 0 Å². The molecule has 0 aliphatic heterocycles. The van der Waals surface area contributed by atoms with Gasteiger partial charge in [0.15, 0.2) is 0 Å². The van der Waals surface area contributed by atoms with Gasteiger partial charge in [-0.1, -0.05) is 40.8 Å². The molecular formula is C24H44O2Si. The summed E-state index contributed by atoms with van der Waals surface area (Å²) < 4.78 is 0. The minimum absolute atomic E-state index is 0.0643. The van der Waals surface area contributed by atoms with Crippen molar-refractivity contribution in [2.75, 3.05) is 0 Å². The first-order chi connectivity index (χ1) is 12.5. The Balaban J connectivity index is 1.67. The first kappa shape index (κ1) is 20.4. The van der Waals surface area contributed by atoms with Gasteiger partial charge in [0, 0.05) is 0 Å². The lowest BCUT2D eigenvalue weighted by Crippen LogP contribution is -2.56. The van der Waals surface area contributed by atoms with Crippen molar-refractivity contribution in [1.29, 1.82) is 0 Å². The minimum atomic E-state index is -1.51. The number of hydrogen-bond donors (Lipinski definition) is 2. The Labute approximate surface area is 168 Å². The molecule has 0 aromatic rings. The van der Waals surface area contributed by atoms with Gasteiger partial charge in [0.25, 0.3) is 0 Å². The maximum Gasteiger partial charge on any atom is 0.0596 e. The highest BCUT2D eigenvalue weighted by molar-refractivity contribution is 6.81. The van der Waals surface area contributed by atoms with Gasteiger partial charge in [-0.25, -0.2) is 0 Å². The second-order valence-electron chi connectivity index (χ2n) is 12.7. The second kappa shape index (κ2) is 6.57. The largest absolute Gasteiger partial charge is 0.393 e. The monoisotopic (exact) mass is 392 g/mol. The van der Waals surface area contributed by atoms with Crippen LogP contribution in [0.25, 0.3) is 0 Å². The molecule has 0 aromatic carbocycles. The highest BCUT2D eigenvalue weighted by Crippen LogP contribution is 2.66. The number of fused-ring (bicyclic) bond motifs is 5. The molecule has 0 amide bonds. The fourth-order valence-corrected chi connectivity index (χ4v) is 11.7. The molecule has 2 N–H and O–H groups in total. The molecule has 0 radical (unpaired) electrons. The number of aliphatic hydroxyl groups is 2. The van der Waals surface area contributed by atoms with Crippen LogP contribution in [-0.2, 0) is 0 Å². The molecule has 4 rings (SSSR count). The number of aliphatic hydroxyl groups excluding tert-OH is 2. The van der Waals surface area contributed by atoms with E-state index in [1.807, 2.05) is 0 Å². The standard InChI is InChI=1S/C24H44O2Si/c1-23(2,3)27(5,6)20-14-16(25)13-15-7-8-17-18(22(15)20)11-12-24(4)19(17)9-10-21(24)26/h15-22,25-26H,7-14H2,1-6H3/t15?,16?,17-,18+,19+,20?,21+,22+,24+/m1/s1. The molecule has 0 heterocycles. The van der Waals surface area contributed by atoms with Crippen molar-refractivity contribution in [2.45, 2.75) is 115 Å². The van der Waals surface area contributed by atoms with Crippen LogP contribution < -0.4 is 0 Å². The summed E-state index contributed by atoms with van der Waals surface area (Å²) in [6, 6.07) is 0. The Morgan fingerprint density at radius 2 is 1.59 bits per heavy atom. The second-order valence-corrected chi connectivity index (χ2v) is 18.4. The molecule has 3 unspecified atom stereocenters. The molecule has 4 aliphatic rings. The zero-order chi connectivity index (χ0) is 19.8. The van der Waals surface area contributed by atoms with Crippen LogP contribution in [0.2, 0.25) is 23.7 Å². The topological polar surface area (TPSA) is 40.5 Å². The average Bonchev–Trinajstić information content (AvgIpc) is 2.88. The third-order valence-electron chi connectivity index (χ3n) is 10.8. The van der Waals surface area contributed by atoms with E-state index in [2.05, 4.69) is 40.8 Å². The molecule has 0 bridgehead atoms. The molecule has 0 aromatic heterocycles. The van der Waals surface area contributed by atoms with Gasteiger partial charge in [0.1, 0.15) is 0 Å². The first-order valence-corrected chi connectivity index (χ1v) is 14.9. The molecule has 3 heteroatoms. The van der Waals surface area contributed by atoms with Crippen molar-refractivity contribution in [3.8, 4) is 0 Å². The number of hydrogen-bond acceptors (Lipinski definition) is 2. The molecule has 4 fully saturated rings. The van der Waals surface area contributed by atoms with Crippen molar-refractivity contribution >= 4 is 8.07 Å². The molecule has 0 spiro atoms. The third-order valence-corrected chi connectivity index (χ3v) is 17.1. The van der Waals surface area contributed by atoms with Crippen molar-refractivity contribution in [2.24, 2.45) is 35.0 Å². The van der Waals surface area contributed by atoms with Gasteiger partial charge in [-0.3, -0.25) is 0 Å². The summed E-state index contributed by atoms with van der Waals surface area (Å²) in [4.78, 5) is 0. The molecule has 4 saturated carbocycles. The molecule has 9 atom stereocenters. The van der Waals surface area contributed by atoms with Crippen molar-refractivity contribution in [1.82, 2.24) is 0 Å². The van der Waals surface area contributed by atoms with E-state index in [4.69, 9.17) is 0 Å². The lowest BCUT2D eigenvalue weighted by Gasteiger charge is -2.61. The molecular weight excluding hydrogens is 348 g/mol. The van der Waals surface area contributed by atoms with Crippen LogP contribution in [0.3, 0.4) is 0 Å². The lowest BCUT2D eigenvalue weighted by atomic mass is 9.50. The normalized spacial score (nSPS) is 50.7. The molecule has 2 nitrogen and oxygen atoms in total. The molecule has 0 saturated heterocycles. The molecule has 4 aliphatic carbocycles. The van der Waals surface area contributed by atoms with E-state index in [1.54, 1.807) is 0 Å². The maximum absolute atomic E-state index is 10.8. The summed E-state index contributed by atoms with van der Waals surface area (Å²) in [5.74, 6) is 4.04. The van der Waals surface area contributed by atoms with Gasteiger partial charge in [-0.2, -0.15) is 0 Å². The van der Waals surface area contributed by atoms with E-state index in [-0.39, 0.29) is 17.6 Å². The summed E-state index contributed by atoms with van der Waals surface area (Å²) >= 11 is 0. The zero-order valence-electron chi connectivity index (χ0n) is 18.7. The van der Waals surface area contributed by atoms with E-state index in [0.29, 0.717) is 5.04 Å². The highest BCUT2D eigenvalue weighted by Gasteiger charge is 2.60. The smallest absolute Gasteiger partial charge is 0.0596 e. The predicted molar refractivity (Wildman–Crippen MR) is 115 cm³/mol. The first-order valence-electron chi connectivity index (χ1n) is 11.8. The lowest BCUT2D eigenvalue weighted by molar-refractivity contribution is -0.0921. The highest BCUT2D eigenvalue weighted by atomic mass is 28.3. The Morgan fingerprint density at radius 3 is 2.26 bits per heavy atom. The van der Waals surface area contributed by atoms with Crippen LogP contribution in [0.5, 0.6) is 0 Å². The van der Waals surface area contributed by atoms with Gasteiger partial charge in [0.2, 0.25) is 0 Å². The van der Waals surface area contributed by atoms with Crippen LogP contribution in [0.4, 0.5) is 0 Å². The van der Waals surface area contributed by atoms with E-state index in [0.717, 1.165) is 54.4 Å². The Kier molecular flexibility index (Phi) is 4.97. The van der Waals surface area contributed by atoms with Crippen molar-refractivity contribution < 1.29 is 10.2 Å². The van der Waals surface area contributed by atoms with Gasteiger partial charge in [-0.15, -0.1) is 0 Å². The van der Waals surface area contributed by atoms with Crippen LogP contribution >= 0.6 is 0 Å². The minimum Gasteiger partial charge on any atom is -0.393 e.